The number of nitrogens with one attached hydrogen (secondary N) is 1. The summed E-state index contributed by atoms with van der Waals surface area (Å²) in [6.07, 6.45) is 1.71. The first-order chi connectivity index (χ1) is 14.1. The Morgan fingerprint density at radius 3 is 2.66 bits per heavy atom. The smallest absolute Gasteiger partial charge is 0.268 e. The quantitative estimate of drug-likeness (QED) is 0.515. The van der Waals surface area contributed by atoms with E-state index in [1.54, 1.807) is 31.5 Å². The van der Waals surface area contributed by atoms with E-state index in [1.807, 2.05) is 30.3 Å². The molecule has 0 fully saturated rings. The molecule has 1 amide bonds. The maximum Gasteiger partial charge on any atom is 0.268 e. The van der Waals surface area contributed by atoms with Crippen LogP contribution in [0.5, 0.6) is 11.5 Å². The van der Waals surface area contributed by atoms with Crippen molar-refractivity contribution >= 4 is 38.8 Å². The Bertz CT molecular complexity index is 1190. The molecule has 4 aromatic rings. The van der Waals surface area contributed by atoms with Crippen LogP contribution in [-0.2, 0) is 0 Å². The number of anilines is 2. The Balaban J connectivity index is 1.67. The molecule has 8 heteroatoms. The van der Waals surface area contributed by atoms with Gasteiger partial charge in [-0.3, -0.25) is 9.78 Å². The molecule has 0 bridgehead atoms. The number of ether oxygens (including phenoxy) is 2. The number of rotatable bonds is 5. The summed E-state index contributed by atoms with van der Waals surface area (Å²) in [7, 11) is 3.10. The van der Waals surface area contributed by atoms with Gasteiger partial charge in [-0.2, -0.15) is 0 Å². The largest absolute Gasteiger partial charge is 0.497 e. The highest BCUT2D eigenvalue weighted by molar-refractivity contribution is 7.21. The van der Waals surface area contributed by atoms with Gasteiger partial charge in [0.15, 0.2) is 0 Å². The summed E-state index contributed by atoms with van der Waals surface area (Å²) in [6.45, 7) is 0. The summed E-state index contributed by atoms with van der Waals surface area (Å²) >= 11 is 1.24. The summed E-state index contributed by atoms with van der Waals surface area (Å²) in [5.41, 5.74) is 8.65. The van der Waals surface area contributed by atoms with Gasteiger partial charge in [0, 0.05) is 17.6 Å². The van der Waals surface area contributed by atoms with E-state index in [2.05, 4.69) is 15.3 Å². The van der Waals surface area contributed by atoms with Crippen molar-refractivity contribution in [3.63, 3.8) is 0 Å². The highest BCUT2D eigenvalue weighted by atomic mass is 32.1. The molecule has 4 rings (SSSR count). The molecule has 3 N–H and O–H groups in total. The number of pyridine rings is 2. The second-order valence-electron chi connectivity index (χ2n) is 6.13. The van der Waals surface area contributed by atoms with Crippen molar-refractivity contribution in [1.29, 1.82) is 0 Å². The normalized spacial score (nSPS) is 10.7. The van der Waals surface area contributed by atoms with Crippen molar-refractivity contribution in [1.82, 2.24) is 9.97 Å². The summed E-state index contributed by atoms with van der Waals surface area (Å²) in [5, 5.41) is 3.59. The van der Waals surface area contributed by atoms with Gasteiger partial charge in [-0.15, -0.1) is 11.3 Å². The maximum atomic E-state index is 12.9. The number of aromatic nitrogens is 2. The van der Waals surface area contributed by atoms with Crippen LogP contribution < -0.4 is 20.5 Å². The van der Waals surface area contributed by atoms with Crippen LogP contribution in [0.1, 0.15) is 9.67 Å². The fourth-order valence-electron chi connectivity index (χ4n) is 2.90. The topological polar surface area (TPSA) is 99.4 Å². The van der Waals surface area contributed by atoms with E-state index in [0.717, 1.165) is 16.8 Å². The van der Waals surface area contributed by atoms with E-state index >= 15 is 0 Å². The van der Waals surface area contributed by atoms with Gasteiger partial charge in [0.05, 0.1) is 37.0 Å². The van der Waals surface area contributed by atoms with E-state index in [4.69, 9.17) is 15.2 Å². The molecule has 0 aliphatic carbocycles. The lowest BCUT2D eigenvalue weighted by atomic mass is 10.2. The number of amides is 1. The molecule has 0 saturated heterocycles. The van der Waals surface area contributed by atoms with Crippen LogP contribution in [-0.4, -0.2) is 30.1 Å². The third-order valence-corrected chi connectivity index (χ3v) is 5.50. The van der Waals surface area contributed by atoms with E-state index in [0.29, 0.717) is 32.6 Å². The molecular weight excluding hydrogens is 388 g/mol. The second kappa shape index (κ2) is 7.76. The fourth-order valence-corrected chi connectivity index (χ4v) is 3.89. The van der Waals surface area contributed by atoms with Crippen LogP contribution in [0.15, 0.2) is 54.7 Å². The van der Waals surface area contributed by atoms with E-state index in [1.165, 1.54) is 18.4 Å². The van der Waals surface area contributed by atoms with Crippen LogP contribution in [0, 0.1) is 0 Å². The monoisotopic (exact) mass is 406 g/mol. The Hall–Kier alpha value is -3.65. The zero-order valence-electron chi connectivity index (χ0n) is 15.8. The summed E-state index contributed by atoms with van der Waals surface area (Å²) < 4.78 is 10.5. The molecule has 0 aliphatic heterocycles. The lowest BCUT2D eigenvalue weighted by molar-refractivity contribution is 0.103. The number of fused-ring (bicyclic) bond motifs is 1. The van der Waals surface area contributed by atoms with Crippen molar-refractivity contribution < 1.29 is 14.3 Å². The number of benzene rings is 1. The van der Waals surface area contributed by atoms with E-state index in [-0.39, 0.29) is 5.91 Å². The van der Waals surface area contributed by atoms with Gasteiger partial charge >= 0.3 is 0 Å². The third kappa shape index (κ3) is 3.57. The van der Waals surface area contributed by atoms with Gasteiger partial charge in [0.1, 0.15) is 21.2 Å². The standard InChI is InChI=1S/C21H18N4O3S/c1-27-12-6-8-16(17(11-12)28-2)24-20(26)19-18(22)13-7-9-15(25-21(13)29-19)14-5-3-4-10-23-14/h3-11H,22H2,1-2H3,(H,24,26). The number of nitrogen functional groups attached to an aromatic ring is 1. The number of hydrogen-bond donors (Lipinski definition) is 2. The average molecular weight is 406 g/mol. The zero-order chi connectivity index (χ0) is 20.4. The Morgan fingerprint density at radius 2 is 1.93 bits per heavy atom. The minimum absolute atomic E-state index is 0.326. The van der Waals surface area contributed by atoms with E-state index in [9.17, 15) is 4.79 Å². The van der Waals surface area contributed by atoms with Crippen molar-refractivity contribution in [2.75, 3.05) is 25.3 Å². The van der Waals surface area contributed by atoms with Gasteiger partial charge < -0.3 is 20.5 Å². The Labute approximate surface area is 171 Å². The molecule has 0 atom stereocenters. The number of methoxy groups -OCH3 is 2. The molecule has 1 aromatic carbocycles. The van der Waals surface area contributed by atoms with Gasteiger partial charge in [-0.1, -0.05) is 6.07 Å². The molecule has 3 heterocycles. The number of nitrogens with zero attached hydrogens (tertiary/aromatic N) is 2. The lowest BCUT2D eigenvalue weighted by Gasteiger charge is -2.11. The number of carbonyl (C=O) groups excluding carboxylic acids is 1. The van der Waals surface area contributed by atoms with Crippen molar-refractivity contribution in [3.05, 3.63) is 59.6 Å². The molecule has 146 valence electrons. The lowest BCUT2D eigenvalue weighted by Crippen LogP contribution is -2.12. The first-order valence-corrected chi connectivity index (χ1v) is 9.56. The second-order valence-corrected chi connectivity index (χ2v) is 7.13. The van der Waals surface area contributed by atoms with Crippen molar-refractivity contribution in [2.24, 2.45) is 0 Å². The van der Waals surface area contributed by atoms with Crippen LogP contribution >= 0.6 is 11.3 Å². The average Bonchev–Trinajstić information content (AvgIpc) is 3.10. The number of nitrogens with two attached hydrogens (primary N) is 1. The molecular formula is C21H18N4O3S. The SMILES string of the molecule is COc1ccc(NC(=O)c2sc3nc(-c4ccccn4)ccc3c2N)c(OC)c1. The fraction of sp³-hybridized carbons (Fsp3) is 0.0952. The maximum absolute atomic E-state index is 12.9. The molecule has 3 aromatic heterocycles. The first kappa shape index (κ1) is 18.7. The number of thiophene rings is 1. The highest BCUT2D eigenvalue weighted by Crippen LogP contribution is 2.35. The predicted molar refractivity (Wildman–Crippen MR) is 115 cm³/mol. The molecule has 29 heavy (non-hydrogen) atoms. The number of carbonyl (C=O) groups is 1. The first-order valence-electron chi connectivity index (χ1n) is 8.74. The summed E-state index contributed by atoms with van der Waals surface area (Å²) in [5.74, 6) is 0.800. The third-order valence-electron chi connectivity index (χ3n) is 4.38. The van der Waals surface area contributed by atoms with E-state index < -0.39 is 0 Å². The summed E-state index contributed by atoms with van der Waals surface area (Å²) in [6, 6.07) is 14.5. The van der Waals surface area contributed by atoms with Crippen molar-refractivity contribution in [3.8, 4) is 22.9 Å². The molecule has 0 aliphatic rings. The predicted octanol–water partition coefficient (Wildman–Crippen LogP) is 4.21. The molecule has 0 radical (unpaired) electrons. The van der Waals surface area contributed by atoms with Crippen LogP contribution in [0.4, 0.5) is 11.4 Å². The molecule has 0 saturated carbocycles. The molecule has 7 nitrogen and oxygen atoms in total. The van der Waals surface area contributed by atoms with Gasteiger partial charge in [0.2, 0.25) is 0 Å². The molecule has 0 spiro atoms. The molecule has 0 unspecified atom stereocenters. The van der Waals surface area contributed by atoms with Crippen LogP contribution in [0.2, 0.25) is 0 Å². The minimum atomic E-state index is -0.326. The van der Waals surface area contributed by atoms with Gasteiger partial charge in [-0.25, -0.2) is 4.98 Å². The van der Waals surface area contributed by atoms with Gasteiger partial charge in [0.25, 0.3) is 5.91 Å². The Kier molecular flexibility index (Phi) is 5.01. The number of hydrogen-bond acceptors (Lipinski definition) is 7. The Morgan fingerprint density at radius 1 is 1.07 bits per heavy atom. The van der Waals surface area contributed by atoms with Crippen molar-refractivity contribution in [2.45, 2.75) is 0 Å². The highest BCUT2D eigenvalue weighted by Gasteiger charge is 2.19. The van der Waals surface area contributed by atoms with Crippen LogP contribution in [0.25, 0.3) is 21.6 Å². The van der Waals surface area contributed by atoms with Gasteiger partial charge in [-0.05, 0) is 36.4 Å². The minimum Gasteiger partial charge on any atom is -0.497 e. The van der Waals surface area contributed by atoms with Crippen LogP contribution in [0.3, 0.4) is 0 Å². The zero-order valence-corrected chi connectivity index (χ0v) is 16.6. The summed E-state index contributed by atoms with van der Waals surface area (Å²) in [4.78, 5) is 22.9.